The Hall–Kier alpha value is -1.99. The molecule has 3 rings (SSSR count). The van der Waals surface area contributed by atoms with Crippen molar-refractivity contribution in [3.05, 3.63) is 57.6 Å². The van der Waals surface area contributed by atoms with Crippen LogP contribution in [0, 0.1) is 33.5 Å². The number of thioether (sulfide) groups is 1. The first-order valence-corrected chi connectivity index (χ1v) is 9.58. The molecule has 0 amide bonds. The van der Waals surface area contributed by atoms with Crippen LogP contribution in [0.25, 0.3) is 5.69 Å². The maximum atomic E-state index is 13.9. The van der Waals surface area contributed by atoms with E-state index in [4.69, 9.17) is 0 Å². The van der Waals surface area contributed by atoms with Gasteiger partial charge in [0.2, 0.25) is 0 Å². The minimum absolute atomic E-state index is 0.0322. The fraction of sp³-hybridized carbons (Fsp3) is 0.278. The van der Waals surface area contributed by atoms with E-state index in [0.717, 1.165) is 26.4 Å². The number of rotatable bonds is 5. The highest BCUT2D eigenvalue weighted by Crippen LogP contribution is 2.26. The van der Waals surface area contributed by atoms with Crippen molar-refractivity contribution in [2.75, 3.05) is 5.75 Å². The van der Waals surface area contributed by atoms with Crippen LogP contribution in [-0.2, 0) is 0 Å². The molecule has 0 saturated carbocycles. The van der Waals surface area contributed by atoms with E-state index in [1.807, 2.05) is 37.5 Å². The van der Waals surface area contributed by atoms with Crippen molar-refractivity contribution >= 4 is 28.9 Å². The molecule has 0 spiro atoms. The summed E-state index contributed by atoms with van der Waals surface area (Å²) >= 11 is 2.87. The Labute approximate surface area is 154 Å². The van der Waals surface area contributed by atoms with Crippen molar-refractivity contribution in [2.24, 2.45) is 0 Å². The average Bonchev–Trinajstić information content (AvgIpc) is 3.11. The van der Waals surface area contributed by atoms with Gasteiger partial charge in [0.25, 0.3) is 0 Å². The van der Waals surface area contributed by atoms with E-state index in [1.54, 1.807) is 13.0 Å². The number of carbonyl (C=O) groups excluding carboxylic acids is 1. The molecule has 0 aliphatic heterocycles. The summed E-state index contributed by atoms with van der Waals surface area (Å²) < 4.78 is 16.6. The van der Waals surface area contributed by atoms with Gasteiger partial charge in [-0.15, -0.1) is 10.2 Å². The van der Waals surface area contributed by atoms with Gasteiger partial charge in [0.1, 0.15) is 10.8 Å². The lowest BCUT2D eigenvalue weighted by Crippen LogP contribution is -2.06. The van der Waals surface area contributed by atoms with Crippen molar-refractivity contribution in [1.82, 2.24) is 14.8 Å². The summed E-state index contributed by atoms with van der Waals surface area (Å²) in [6.45, 7) is 7.42. The number of hydrogen-bond donors (Lipinski definition) is 0. The first-order valence-electron chi connectivity index (χ1n) is 7.78. The summed E-state index contributed by atoms with van der Waals surface area (Å²) in [5.74, 6) is 0.0890. The van der Waals surface area contributed by atoms with Gasteiger partial charge in [0.05, 0.1) is 5.75 Å². The Morgan fingerprint density at radius 1 is 1.20 bits per heavy atom. The maximum absolute atomic E-state index is 13.9. The average molecular weight is 375 g/mol. The Morgan fingerprint density at radius 2 is 1.96 bits per heavy atom. The summed E-state index contributed by atoms with van der Waals surface area (Å²) in [6.07, 6.45) is 0. The molecular formula is C18H18FN3OS2. The summed E-state index contributed by atoms with van der Waals surface area (Å²) in [5.41, 5.74) is 3.71. The standard InChI is InChI=1S/C18H18FN3OS2/c1-10-5-6-14(8-16(10)19)22-11(2)7-15(12(22)3)17(23)9-24-18-21-20-13(4)25-18/h5-8H,9H2,1-4H3. The lowest BCUT2D eigenvalue weighted by molar-refractivity contribution is 0.102. The number of ketones is 1. The highest BCUT2D eigenvalue weighted by atomic mass is 32.2. The number of nitrogens with zero attached hydrogens (tertiary/aromatic N) is 3. The smallest absolute Gasteiger partial charge is 0.174 e. The number of carbonyl (C=O) groups is 1. The molecule has 0 saturated heterocycles. The van der Waals surface area contributed by atoms with Gasteiger partial charge in [-0.05, 0) is 51.5 Å². The van der Waals surface area contributed by atoms with Crippen molar-refractivity contribution in [3.8, 4) is 5.69 Å². The Morgan fingerprint density at radius 3 is 2.60 bits per heavy atom. The highest BCUT2D eigenvalue weighted by Gasteiger charge is 2.18. The minimum atomic E-state index is -0.250. The summed E-state index contributed by atoms with van der Waals surface area (Å²) in [5, 5.41) is 8.86. The predicted octanol–water partition coefficient (Wildman–Crippen LogP) is 4.68. The third-order valence-corrected chi connectivity index (χ3v) is 5.95. The molecule has 0 bridgehead atoms. The van der Waals surface area contributed by atoms with Crippen LogP contribution >= 0.6 is 23.1 Å². The van der Waals surface area contributed by atoms with Gasteiger partial charge >= 0.3 is 0 Å². The van der Waals surface area contributed by atoms with E-state index in [1.165, 1.54) is 29.2 Å². The molecular weight excluding hydrogens is 357 g/mol. The maximum Gasteiger partial charge on any atom is 0.174 e. The second kappa shape index (κ2) is 7.09. The van der Waals surface area contributed by atoms with Crippen molar-refractivity contribution in [1.29, 1.82) is 0 Å². The third-order valence-electron chi connectivity index (χ3n) is 3.98. The Bertz CT molecular complexity index is 946. The van der Waals surface area contributed by atoms with E-state index in [0.29, 0.717) is 16.9 Å². The van der Waals surface area contributed by atoms with Crippen LogP contribution in [0.4, 0.5) is 4.39 Å². The molecule has 0 unspecified atom stereocenters. The molecule has 2 aromatic heterocycles. The van der Waals surface area contributed by atoms with Gasteiger partial charge in [-0.25, -0.2) is 4.39 Å². The SMILES string of the molecule is Cc1nnc(SCC(=O)c2cc(C)n(-c3ccc(C)c(F)c3)c2C)s1. The molecule has 0 aliphatic rings. The first-order chi connectivity index (χ1) is 11.9. The highest BCUT2D eigenvalue weighted by molar-refractivity contribution is 8.01. The number of aryl methyl sites for hydroxylation is 3. The van der Waals surface area contributed by atoms with Crippen LogP contribution < -0.4 is 0 Å². The van der Waals surface area contributed by atoms with Gasteiger partial charge < -0.3 is 4.57 Å². The van der Waals surface area contributed by atoms with Crippen LogP contribution in [0.3, 0.4) is 0 Å². The summed E-state index contributed by atoms with van der Waals surface area (Å²) in [4.78, 5) is 12.6. The van der Waals surface area contributed by atoms with Gasteiger partial charge in [-0.2, -0.15) is 0 Å². The Balaban J connectivity index is 1.85. The number of hydrogen-bond acceptors (Lipinski definition) is 5. The van der Waals surface area contributed by atoms with Gasteiger partial charge in [-0.3, -0.25) is 4.79 Å². The second-order valence-electron chi connectivity index (χ2n) is 5.85. The minimum Gasteiger partial charge on any atom is -0.318 e. The zero-order valence-electron chi connectivity index (χ0n) is 14.5. The molecule has 4 nitrogen and oxygen atoms in total. The van der Waals surface area contributed by atoms with Crippen LogP contribution in [0.15, 0.2) is 28.6 Å². The van der Waals surface area contributed by atoms with Crippen LogP contribution in [0.2, 0.25) is 0 Å². The molecule has 0 atom stereocenters. The molecule has 1 aromatic carbocycles. The summed E-state index contributed by atoms with van der Waals surface area (Å²) in [7, 11) is 0. The zero-order valence-corrected chi connectivity index (χ0v) is 16.1. The largest absolute Gasteiger partial charge is 0.318 e. The lowest BCUT2D eigenvalue weighted by atomic mass is 10.2. The fourth-order valence-electron chi connectivity index (χ4n) is 2.71. The molecule has 2 heterocycles. The number of benzene rings is 1. The lowest BCUT2D eigenvalue weighted by Gasteiger charge is -2.11. The second-order valence-corrected chi connectivity index (χ2v) is 8.26. The quantitative estimate of drug-likeness (QED) is 0.480. The van der Waals surface area contributed by atoms with E-state index >= 15 is 0 Å². The monoisotopic (exact) mass is 375 g/mol. The summed E-state index contributed by atoms with van der Waals surface area (Å²) in [6, 6.07) is 6.98. The molecule has 0 radical (unpaired) electrons. The molecule has 0 N–H and O–H groups in total. The molecule has 7 heteroatoms. The molecule has 3 aromatic rings. The number of halogens is 1. The van der Waals surface area contributed by atoms with Crippen LogP contribution in [0.5, 0.6) is 0 Å². The normalized spacial score (nSPS) is 11.1. The predicted molar refractivity (Wildman–Crippen MR) is 99.6 cm³/mol. The van der Waals surface area contributed by atoms with E-state index in [9.17, 15) is 9.18 Å². The van der Waals surface area contributed by atoms with Crippen LogP contribution in [-0.4, -0.2) is 26.3 Å². The zero-order chi connectivity index (χ0) is 18.1. The Kier molecular flexibility index (Phi) is 5.06. The molecule has 130 valence electrons. The molecule has 25 heavy (non-hydrogen) atoms. The first kappa shape index (κ1) is 17.8. The molecule has 0 fully saturated rings. The van der Waals surface area contributed by atoms with Crippen molar-refractivity contribution in [3.63, 3.8) is 0 Å². The van der Waals surface area contributed by atoms with Gasteiger partial charge in [-0.1, -0.05) is 29.2 Å². The number of aromatic nitrogens is 3. The molecule has 0 aliphatic carbocycles. The van der Waals surface area contributed by atoms with Gasteiger partial charge in [0, 0.05) is 22.6 Å². The fourth-order valence-corrected chi connectivity index (χ4v) is 4.40. The number of Topliss-reactive ketones (excluding diaryl/α,β-unsaturated/α-hetero) is 1. The topological polar surface area (TPSA) is 47.8 Å². The van der Waals surface area contributed by atoms with E-state index in [-0.39, 0.29) is 11.6 Å². The third kappa shape index (κ3) is 3.67. The van der Waals surface area contributed by atoms with Crippen molar-refractivity contribution < 1.29 is 9.18 Å². The van der Waals surface area contributed by atoms with E-state index < -0.39 is 0 Å². The van der Waals surface area contributed by atoms with Crippen LogP contribution in [0.1, 0.15) is 32.3 Å². The van der Waals surface area contributed by atoms with E-state index in [2.05, 4.69) is 10.2 Å². The van der Waals surface area contributed by atoms with Crippen molar-refractivity contribution in [2.45, 2.75) is 32.0 Å². The van der Waals surface area contributed by atoms with Gasteiger partial charge in [0.15, 0.2) is 10.1 Å².